The van der Waals surface area contributed by atoms with Crippen LogP contribution in [0.25, 0.3) is 0 Å². The lowest BCUT2D eigenvalue weighted by atomic mass is 10.0. The normalized spacial score (nSPS) is 10.3. The summed E-state index contributed by atoms with van der Waals surface area (Å²) in [7, 11) is 0. The number of carbonyl (C=O) groups excluding carboxylic acids is 2. The van der Waals surface area contributed by atoms with Gasteiger partial charge in [0.2, 0.25) is 5.91 Å². The van der Waals surface area contributed by atoms with Crippen LogP contribution in [0.4, 0.5) is 0 Å². The third-order valence-electron chi connectivity index (χ3n) is 2.65. The molecule has 0 aliphatic rings. The average Bonchev–Trinajstić information content (AvgIpc) is 2.27. The fourth-order valence-corrected chi connectivity index (χ4v) is 1.60. The SMILES string of the molecule is CCOC(=O)CN(CC)C(=O)C(CC)CC. The lowest BCUT2D eigenvalue weighted by Crippen LogP contribution is -2.39. The Hall–Kier alpha value is -1.06. The first-order valence-electron chi connectivity index (χ1n) is 6.04. The molecule has 94 valence electrons. The molecule has 0 saturated carbocycles. The Morgan fingerprint density at radius 1 is 1.12 bits per heavy atom. The number of esters is 1. The van der Waals surface area contributed by atoms with Crippen LogP contribution < -0.4 is 0 Å². The molecule has 0 unspecified atom stereocenters. The van der Waals surface area contributed by atoms with Gasteiger partial charge in [0.25, 0.3) is 0 Å². The number of rotatable bonds is 7. The van der Waals surface area contributed by atoms with Gasteiger partial charge in [0.1, 0.15) is 6.54 Å². The van der Waals surface area contributed by atoms with Gasteiger partial charge in [-0.2, -0.15) is 0 Å². The smallest absolute Gasteiger partial charge is 0.325 e. The van der Waals surface area contributed by atoms with Gasteiger partial charge in [0.05, 0.1) is 6.61 Å². The first kappa shape index (κ1) is 14.9. The molecule has 0 heterocycles. The lowest BCUT2D eigenvalue weighted by molar-refractivity contribution is -0.150. The second-order valence-electron chi connectivity index (χ2n) is 3.67. The van der Waals surface area contributed by atoms with Crippen LogP contribution in [0.5, 0.6) is 0 Å². The van der Waals surface area contributed by atoms with Crippen molar-refractivity contribution in [3.63, 3.8) is 0 Å². The zero-order chi connectivity index (χ0) is 12.6. The summed E-state index contributed by atoms with van der Waals surface area (Å²) in [6.07, 6.45) is 1.63. The van der Waals surface area contributed by atoms with E-state index < -0.39 is 0 Å². The molecule has 0 spiro atoms. The highest BCUT2D eigenvalue weighted by Gasteiger charge is 2.22. The molecule has 0 rings (SSSR count). The van der Waals surface area contributed by atoms with Gasteiger partial charge in [0.15, 0.2) is 0 Å². The van der Waals surface area contributed by atoms with Crippen molar-refractivity contribution in [1.29, 1.82) is 0 Å². The molecule has 0 N–H and O–H groups in total. The zero-order valence-electron chi connectivity index (χ0n) is 10.8. The Morgan fingerprint density at radius 2 is 1.69 bits per heavy atom. The minimum atomic E-state index is -0.330. The highest BCUT2D eigenvalue weighted by atomic mass is 16.5. The van der Waals surface area contributed by atoms with Crippen molar-refractivity contribution < 1.29 is 14.3 Å². The summed E-state index contributed by atoms with van der Waals surface area (Å²) in [6, 6.07) is 0. The molecule has 0 aromatic carbocycles. The van der Waals surface area contributed by atoms with Crippen molar-refractivity contribution in [3.8, 4) is 0 Å². The molecule has 1 amide bonds. The average molecular weight is 229 g/mol. The van der Waals surface area contributed by atoms with E-state index in [-0.39, 0.29) is 24.3 Å². The topological polar surface area (TPSA) is 46.6 Å². The Balaban J connectivity index is 4.36. The van der Waals surface area contributed by atoms with Crippen LogP contribution in [-0.2, 0) is 14.3 Å². The Morgan fingerprint density at radius 3 is 2.06 bits per heavy atom. The van der Waals surface area contributed by atoms with E-state index in [1.165, 1.54) is 0 Å². The van der Waals surface area contributed by atoms with Gasteiger partial charge in [-0.3, -0.25) is 9.59 Å². The molecule has 0 aromatic heterocycles. The number of hydrogen-bond acceptors (Lipinski definition) is 3. The first-order valence-corrected chi connectivity index (χ1v) is 6.04. The Kier molecular flexibility index (Phi) is 7.60. The monoisotopic (exact) mass is 229 g/mol. The largest absolute Gasteiger partial charge is 0.465 e. The van der Waals surface area contributed by atoms with Crippen molar-refractivity contribution in [2.75, 3.05) is 19.7 Å². The minimum absolute atomic E-state index is 0.0226. The van der Waals surface area contributed by atoms with E-state index in [4.69, 9.17) is 4.74 Å². The standard InChI is InChI=1S/C12H23NO3/c1-5-10(6-2)12(15)13(7-3)9-11(14)16-8-4/h10H,5-9H2,1-4H3. The van der Waals surface area contributed by atoms with Crippen LogP contribution >= 0.6 is 0 Å². The van der Waals surface area contributed by atoms with Gasteiger partial charge >= 0.3 is 5.97 Å². The second-order valence-corrected chi connectivity index (χ2v) is 3.67. The molecule has 0 bridgehead atoms. The van der Waals surface area contributed by atoms with Crippen molar-refractivity contribution in [2.24, 2.45) is 5.92 Å². The number of hydrogen-bond donors (Lipinski definition) is 0. The number of nitrogens with zero attached hydrogens (tertiary/aromatic N) is 1. The van der Waals surface area contributed by atoms with Gasteiger partial charge in [-0.15, -0.1) is 0 Å². The van der Waals surface area contributed by atoms with Gasteiger partial charge < -0.3 is 9.64 Å². The van der Waals surface area contributed by atoms with E-state index in [0.717, 1.165) is 12.8 Å². The number of ether oxygens (including phenoxy) is 1. The van der Waals surface area contributed by atoms with Crippen LogP contribution in [0.15, 0.2) is 0 Å². The molecule has 0 aliphatic carbocycles. The molecular formula is C12H23NO3. The maximum atomic E-state index is 12.0. The summed E-state index contributed by atoms with van der Waals surface area (Å²) < 4.78 is 4.84. The molecule has 0 radical (unpaired) electrons. The molecule has 0 atom stereocenters. The molecule has 0 aromatic rings. The highest BCUT2D eigenvalue weighted by Crippen LogP contribution is 2.11. The molecule has 4 nitrogen and oxygen atoms in total. The molecule has 0 saturated heterocycles. The van der Waals surface area contributed by atoms with Crippen LogP contribution in [0, 0.1) is 5.92 Å². The summed E-state index contributed by atoms with van der Waals surface area (Å²) in [5.74, 6) is -0.251. The van der Waals surface area contributed by atoms with E-state index >= 15 is 0 Å². The number of likely N-dealkylation sites (N-methyl/N-ethyl adjacent to an activating group) is 1. The Labute approximate surface area is 98.0 Å². The minimum Gasteiger partial charge on any atom is -0.465 e. The molecule has 0 fully saturated rings. The molecule has 0 aliphatic heterocycles. The fourth-order valence-electron chi connectivity index (χ4n) is 1.60. The molecular weight excluding hydrogens is 206 g/mol. The molecule has 16 heavy (non-hydrogen) atoms. The van der Waals surface area contributed by atoms with E-state index in [2.05, 4.69) is 0 Å². The van der Waals surface area contributed by atoms with E-state index in [9.17, 15) is 9.59 Å². The summed E-state index contributed by atoms with van der Waals surface area (Å²) >= 11 is 0. The predicted molar refractivity (Wildman–Crippen MR) is 63.0 cm³/mol. The van der Waals surface area contributed by atoms with Crippen LogP contribution in [-0.4, -0.2) is 36.5 Å². The predicted octanol–water partition coefficient (Wildman–Crippen LogP) is 1.83. The zero-order valence-corrected chi connectivity index (χ0v) is 10.8. The van der Waals surface area contributed by atoms with Crippen LogP contribution in [0.3, 0.4) is 0 Å². The first-order chi connectivity index (χ1) is 7.60. The van der Waals surface area contributed by atoms with Crippen molar-refractivity contribution in [2.45, 2.75) is 40.5 Å². The second kappa shape index (κ2) is 8.13. The summed E-state index contributed by atoms with van der Waals surface area (Å²) in [5, 5.41) is 0. The van der Waals surface area contributed by atoms with Gasteiger partial charge in [0, 0.05) is 12.5 Å². The maximum absolute atomic E-state index is 12.0. The van der Waals surface area contributed by atoms with Crippen molar-refractivity contribution >= 4 is 11.9 Å². The summed E-state index contributed by atoms with van der Waals surface area (Å²) in [5.41, 5.74) is 0. The quantitative estimate of drug-likeness (QED) is 0.626. The van der Waals surface area contributed by atoms with Crippen molar-refractivity contribution in [3.05, 3.63) is 0 Å². The van der Waals surface area contributed by atoms with Gasteiger partial charge in [-0.25, -0.2) is 0 Å². The van der Waals surface area contributed by atoms with E-state index in [1.807, 2.05) is 20.8 Å². The highest BCUT2D eigenvalue weighted by molar-refractivity contribution is 5.83. The summed E-state index contributed by atoms with van der Waals surface area (Å²) in [4.78, 5) is 24.9. The lowest BCUT2D eigenvalue weighted by Gasteiger charge is -2.24. The van der Waals surface area contributed by atoms with Crippen LogP contribution in [0.1, 0.15) is 40.5 Å². The van der Waals surface area contributed by atoms with Gasteiger partial charge in [-0.05, 0) is 26.7 Å². The third kappa shape index (κ3) is 4.64. The molecule has 4 heteroatoms. The van der Waals surface area contributed by atoms with Crippen molar-refractivity contribution in [1.82, 2.24) is 4.90 Å². The number of carbonyl (C=O) groups is 2. The van der Waals surface area contributed by atoms with Gasteiger partial charge in [-0.1, -0.05) is 13.8 Å². The summed E-state index contributed by atoms with van der Waals surface area (Å²) in [6.45, 7) is 8.59. The van der Waals surface area contributed by atoms with E-state index in [1.54, 1.807) is 11.8 Å². The van der Waals surface area contributed by atoms with Crippen LogP contribution in [0.2, 0.25) is 0 Å². The number of amides is 1. The van der Waals surface area contributed by atoms with E-state index in [0.29, 0.717) is 13.2 Å². The maximum Gasteiger partial charge on any atom is 0.325 e. The fraction of sp³-hybridized carbons (Fsp3) is 0.833. The third-order valence-corrected chi connectivity index (χ3v) is 2.65. The Bertz CT molecular complexity index is 224.